The molecule has 2 aromatic rings. The molecule has 84 valence electrons. The van der Waals surface area contributed by atoms with Crippen molar-refractivity contribution in [1.29, 1.82) is 0 Å². The van der Waals surface area contributed by atoms with Gasteiger partial charge in [-0.05, 0) is 31.9 Å². The van der Waals surface area contributed by atoms with Gasteiger partial charge in [-0.1, -0.05) is 6.92 Å². The Kier molecular flexibility index (Phi) is 2.09. The van der Waals surface area contributed by atoms with E-state index in [4.69, 9.17) is 4.42 Å². The van der Waals surface area contributed by atoms with Crippen molar-refractivity contribution < 1.29 is 4.42 Å². The van der Waals surface area contributed by atoms with Crippen molar-refractivity contribution in [1.82, 2.24) is 14.8 Å². The molecule has 0 aliphatic carbocycles. The summed E-state index contributed by atoms with van der Waals surface area (Å²) in [7, 11) is 0. The Balaban J connectivity index is 2.09. The first kappa shape index (κ1) is 9.63. The largest absolute Gasteiger partial charge is 0.458 e. The van der Waals surface area contributed by atoms with Crippen molar-refractivity contribution in [2.45, 2.75) is 39.2 Å². The van der Waals surface area contributed by atoms with Crippen molar-refractivity contribution in [2.24, 2.45) is 0 Å². The molecule has 0 spiro atoms. The second kappa shape index (κ2) is 3.47. The van der Waals surface area contributed by atoms with Crippen LogP contribution in [0.1, 0.15) is 37.3 Å². The van der Waals surface area contributed by atoms with Crippen LogP contribution in [0.3, 0.4) is 0 Å². The average Bonchev–Trinajstić information content (AvgIpc) is 2.84. The van der Waals surface area contributed by atoms with E-state index in [0.29, 0.717) is 5.92 Å². The predicted molar refractivity (Wildman–Crippen MR) is 60.1 cm³/mol. The molecule has 0 aromatic carbocycles. The summed E-state index contributed by atoms with van der Waals surface area (Å²) in [4.78, 5) is 0. The van der Waals surface area contributed by atoms with E-state index >= 15 is 0 Å². The van der Waals surface area contributed by atoms with Gasteiger partial charge in [-0.25, -0.2) is 0 Å². The molecule has 16 heavy (non-hydrogen) atoms. The molecule has 3 heterocycles. The van der Waals surface area contributed by atoms with Gasteiger partial charge < -0.3 is 8.98 Å². The Morgan fingerprint density at radius 3 is 3.00 bits per heavy atom. The lowest BCUT2D eigenvalue weighted by Crippen LogP contribution is -2.14. The van der Waals surface area contributed by atoms with Crippen LogP contribution in [-0.2, 0) is 6.54 Å². The Morgan fingerprint density at radius 2 is 2.25 bits per heavy atom. The van der Waals surface area contributed by atoms with Gasteiger partial charge in [-0.15, -0.1) is 10.2 Å². The molecule has 3 rings (SSSR count). The Labute approximate surface area is 94.3 Å². The minimum absolute atomic E-state index is 0.506. The van der Waals surface area contributed by atoms with Crippen LogP contribution in [0.2, 0.25) is 0 Å². The number of aromatic nitrogens is 3. The Bertz CT molecular complexity index is 512. The zero-order chi connectivity index (χ0) is 11.1. The third kappa shape index (κ3) is 1.37. The van der Waals surface area contributed by atoms with Gasteiger partial charge in [0, 0.05) is 12.5 Å². The maximum absolute atomic E-state index is 5.61. The van der Waals surface area contributed by atoms with Gasteiger partial charge in [0.2, 0.25) is 0 Å². The van der Waals surface area contributed by atoms with Crippen molar-refractivity contribution >= 4 is 0 Å². The van der Waals surface area contributed by atoms with Crippen molar-refractivity contribution in [3.8, 4) is 11.6 Å². The first-order valence-corrected chi connectivity index (χ1v) is 5.75. The minimum atomic E-state index is 0.506. The van der Waals surface area contributed by atoms with Gasteiger partial charge in [0.25, 0.3) is 0 Å². The van der Waals surface area contributed by atoms with Crippen LogP contribution in [0.15, 0.2) is 16.5 Å². The normalized spacial score (nSPS) is 19.8. The first-order valence-electron chi connectivity index (χ1n) is 5.75. The molecule has 0 radical (unpaired) electrons. The molecule has 1 unspecified atom stereocenters. The van der Waals surface area contributed by atoms with E-state index in [1.165, 1.54) is 12.8 Å². The summed E-state index contributed by atoms with van der Waals surface area (Å²) in [6, 6.07) is 3.93. The molecule has 0 saturated heterocycles. The van der Waals surface area contributed by atoms with E-state index in [9.17, 15) is 0 Å². The lowest BCUT2D eigenvalue weighted by molar-refractivity contribution is 0.460. The summed E-state index contributed by atoms with van der Waals surface area (Å²) in [6.07, 6.45) is 2.40. The van der Waals surface area contributed by atoms with Crippen LogP contribution in [0.25, 0.3) is 11.6 Å². The fraction of sp³-hybridized carbons (Fsp3) is 0.500. The van der Waals surface area contributed by atoms with E-state index in [-0.39, 0.29) is 0 Å². The summed E-state index contributed by atoms with van der Waals surface area (Å²) in [5, 5.41) is 8.53. The topological polar surface area (TPSA) is 43.9 Å². The van der Waals surface area contributed by atoms with Crippen LogP contribution in [0.5, 0.6) is 0 Å². The van der Waals surface area contributed by atoms with Crippen LogP contribution in [0.4, 0.5) is 0 Å². The van der Waals surface area contributed by atoms with Gasteiger partial charge >= 0.3 is 0 Å². The predicted octanol–water partition coefficient (Wildman–Crippen LogP) is 2.74. The Morgan fingerprint density at radius 1 is 1.38 bits per heavy atom. The maximum Gasteiger partial charge on any atom is 0.199 e. The number of fused-ring (bicyclic) bond motifs is 1. The van der Waals surface area contributed by atoms with Gasteiger partial charge in [0.1, 0.15) is 11.6 Å². The SMILES string of the molecule is Cc1ccc(-c2nnc3n2CCCC3C)o1. The second-order valence-electron chi connectivity index (χ2n) is 4.49. The number of hydrogen-bond donors (Lipinski definition) is 0. The fourth-order valence-corrected chi connectivity index (χ4v) is 2.32. The number of nitrogens with zero attached hydrogens (tertiary/aromatic N) is 3. The highest BCUT2D eigenvalue weighted by molar-refractivity contribution is 5.48. The molecule has 0 N–H and O–H groups in total. The monoisotopic (exact) mass is 217 g/mol. The lowest BCUT2D eigenvalue weighted by Gasteiger charge is -2.19. The molecule has 0 amide bonds. The smallest absolute Gasteiger partial charge is 0.199 e. The van der Waals surface area contributed by atoms with Gasteiger partial charge in [0.05, 0.1) is 0 Å². The zero-order valence-corrected chi connectivity index (χ0v) is 9.60. The number of rotatable bonds is 1. The quantitative estimate of drug-likeness (QED) is 0.737. The minimum Gasteiger partial charge on any atom is -0.458 e. The van der Waals surface area contributed by atoms with E-state index < -0.39 is 0 Å². The fourth-order valence-electron chi connectivity index (χ4n) is 2.32. The second-order valence-corrected chi connectivity index (χ2v) is 4.49. The van der Waals surface area contributed by atoms with E-state index in [2.05, 4.69) is 21.7 Å². The molecule has 1 aliphatic heterocycles. The van der Waals surface area contributed by atoms with Crippen LogP contribution in [-0.4, -0.2) is 14.8 Å². The van der Waals surface area contributed by atoms with Gasteiger partial charge in [-0.3, -0.25) is 0 Å². The highest BCUT2D eigenvalue weighted by Crippen LogP contribution is 2.30. The number of hydrogen-bond acceptors (Lipinski definition) is 3. The van der Waals surface area contributed by atoms with Gasteiger partial charge in [-0.2, -0.15) is 0 Å². The zero-order valence-electron chi connectivity index (χ0n) is 9.60. The summed E-state index contributed by atoms with van der Waals surface area (Å²) in [5.41, 5.74) is 0. The van der Waals surface area contributed by atoms with Crippen molar-refractivity contribution in [3.63, 3.8) is 0 Å². The number of furan rings is 1. The third-order valence-corrected chi connectivity index (χ3v) is 3.20. The summed E-state index contributed by atoms with van der Waals surface area (Å²) >= 11 is 0. The Hall–Kier alpha value is -1.58. The highest BCUT2D eigenvalue weighted by Gasteiger charge is 2.23. The molecule has 4 nitrogen and oxygen atoms in total. The molecule has 1 aliphatic rings. The van der Waals surface area contributed by atoms with Crippen LogP contribution >= 0.6 is 0 Å². The maximum atomic E-state index is 5.61. The molecule has 0 fully saturated rings. The highest BCUT2D eigenvalue weighted by atomic mass is 16.3. The van der Waals surface area contributed by atoms with E-state index in [1.807, 2.05) is 19.1 Å². The van der Waals surface area contributed by atoms with Gasteiger partial charge in [0.15, 0.2) is 11.6 Å². The van der Waals surface area contributed by atoms with E-state index in [0.717, 1.165) is 29.7 Å². The summed E-state index contributed by atoms with van der Waals surface area (Å²) in [6.45, 7) is 5.15. The molecule has 0 bridgehead atoms. The first-order chi connectivity index (χ1) is 7.75. The molecule has 2 aromatic heterocycles. The lowest BCUT2D eigenvalue weighted by atomic mass is 10.0. The molecule has 1 atom stereocenters. The molecule has 4 heteroatoms. The summed E-state index contributed by atoms with van der Waals surface area (Å²) in [5.74, 6) is 4.21. The number of aryl methyl sites for hydroxylation is 1. The summed E-state index contributed by atoms with van der Waals surface area (Å²) < 4.78 is 7.79. The van der Waals surface area contributed by atoms with E-state index in [1.54, 1.807) is 0 Å². The third-order valence-electron chi connectivity index (χ3n) is 3.20. The average molecular weight is 217 g/mol. The van der Waals surface area contributed by atoms with Crippen molar-refractivity contribution in [2.75, 3.05) is 0 Å². The standard InChI is InChI=1S/C12H15N3O/c1-8-4-3-7-15-11(8)13-14-12(15)10-6-5-9(2)16-10/h5-6,8H,3-4,7H2,1-2H3. The molecular formula is C12H15N3O. The van der Waals surface area contributed by atoms with Crippen LogP contribution in [0, 0.1) is 6.92 Å². The van der Waals surface area contributed by atoms with Crippen molar-refractivity contribution in [3.05, 3.63) is 23.7 Å². The molecular weight excluding hydrogens is 202 g/mol. The molecule has 0 saturated carbocycles. The van der Waals surface area contributed by atoms with Crippen LogP contribution < -0.4 is 0 Å².